The van der Waals surface area contributed by atoms with Crippen LogP contribution in [0.5, 0.6) is 0 Å². The summed E-state index contributed by atoms with van der Waals surface area (Å²) in [6.45, 7) is 3.39. The molecule has 4 rings (SSSR count). The lowest BCUT2D eigenvalue weighted by atomic mass is 10.2. The molecular formula is C18H17ClN6OS. The first kappa shape index (κ1) is 17.7. The first-order chi connectivity index (χ1) is 13.2. The summed E-state index contributed by atoms with van der Waals surface area (Å²) in [6, 6.07) is 9.75. The number of hydrogen-bond donors (Lipinski definition) is 1. The van der Waals surface area contributed by atoms with Gasteiger partial charge in [-0.25, -0.2) is 4.98 Å². The van der Waals surface area contributed by atoms with Crippen molar-refractivity contribution in [1.82, 2.24) is 15.0 Å². The minimum Gasteiger partial charge on any atom is -0.368 e. The van der Waals surface area contributed by atoms with Gasteiger partial charge in [-0.3, -0.25) is 15.1 Å². The Bertz CT molecular complexity index is 927. The third-order valence-electron chi connectivity index (χ3n) is 4.30. The molecule has 0 atom stereocenters. The predicted octanol–water partition coefficient (Wildman–Crippen LogP) is 3.17. The molecule has 1 aliphatic rings. The zero-order chi connectivity index (χ0) is 18.6. The molecule has 0 saturated carbocycles. The van der Waals surface area contributed by atoms with Crippen molar-refractivity contribution in [3.05, 3.63) is 58.1 Å². The van der Waals surface area contributed by atoms with Crippen molar-refractivity contribution in [2.45, 2.75) is 0 Å². The van der Waals surface area contributed by atoms with E-state index in [1.807, 2.05) is 24.3 Å². The number of nitrogens with zero attached hydrogens (tertiary/aromatic N) is 5. The number of benzene rings is 1. The highest BCUT2D eigenvalue weighted by molar-refractivity contribution is 7.11. The van der Waals surface area contributed by atoms with Gasteiger partial charge in [0.05, 0.1) is 11.7 Å². The Kier molecular flexibility index (Phi) is 5.17. The Morgan fingerprint density at radius 1 is 1.15 bits per heavy atom. The Labute approximate surface area is 165 Å². The normalized spacial score (nSPS) is 14.3. The molecule has 138 valence electrons. The van der Waals surface area contributed by atoms with Gasteiger partial charge in [0.2, 0.25) is 5.95 Å². The number of amides is 1. The van der Waals surface area contributed by atoms with Crippen LogP contribution in [-0.2, 0) is 0 Å². The van der Waals surface area contributed by atoms with E-state index in [0.717, 1.165) is 42.7 Å². The fourth-order valence-electron chi connectivity index (χ4n) is 2.94. The maximum Gasteiger partial charge on any atom is 0.269 e. The largest absolute Gasteiger partial charge is 0.368 e. The Hall–Kier alpha value is -2.71. The van der Waals surface area contributed by atoms with E-state index in [2.05, 4.69) is 36.1 Å². The standard InChI is InChI=1S/C18H17ClN6OS/c19-13-2-1-3-14(10-13)24-6-8-25(9-7-24)16-4-5-21-18(22-16)23-17(26)15-11-20-12-27-15/h1-5,10-12H,6-9H2,(H,21,22,23,26). The zero-order valence-electron chi connectivity index (χ0n) is 14.4. The van der Waals surface area contributed by atoms with Gasteiger partial charge in [0, 0.05) is 43.1 Å². The first-order valence-electron chi connectivity index (χ1n) is 8.47. The van der Waals surface area contributed by atoms with Crippen LogP contribution >= 0.6 is 22.9 Å². The summed E-state index contributed by atoms with van der Waals surface area (Å²) in [5.41, 5.74) is 2.74. The first-order valence-corrected chi connectivity index (χ1v) is 9.73. The van der Waals surface area contributed by atoms with E-state index < -0.39 is 0 Å². The van der Waals surface area contributed by atoms with Gasteiger partial charge in [-0.2, -0.15) is 4.98 Å². The minimum atomic E-state index is -0.250. The van der Waals surface area contributed by atoms with Crippen LogP contribution in [0.15, 0.2) is 48.2 Å². The fourth-order valence-corrected chi connectivity index (χ4v) is 3.64. The van der Waals surface area contributed by atoms with Crippen LogP contribution < -0.4 is 15.1 Å². The van der Waals surface area contributed by atoms with Gasteiger partial charge in [-0.15, -0.1) is 11.3 Å². The highest BCUT2D eigenvalue weighted by Crippen LogP contribution is 2.22. The van der Waals surface area contributed by atoms with Crippen molar-refractivity contribution >= 4 is 46.3 Å². The van der Waals surface area contributed by atoms with Crippen molar-refractivity contribution in [2.24, 2.45) is 0 Å². The van der Waals surface area contributed by atoms with Gasteiger partial charge in [-0.1, -0.05) is 17.7 Å². The topological polar surface area (TPSA) is 74.2 Å². The van der Waals surface area contributed by atoms with Gasteiger partial charge in [0.15, 0.2) is 0 Å². The quantitative estimate of drug-likeness (QED) is 0.725. The predicted molar refractivity (Wildman–Crippen MR) is 108 cm³/mol. The average Bonchev–Trinajstić information content (AvgIpc) is 3.23. The highest BCUT2D eigenvalue weighted by atomic mass is 35.5. The Balaban J connectivity index is 1.40. The lowest BCUT2D eigenvalue weighted by Crippen LogP contribution is -2.46. The van der Waals surface area contributed by atoms with E-state index in [9.17, 15) is 4.79 Å². The molecule has 0 bridgehead atoms. The molecule has 0 spiro atoms. The van der Waals surface area contributed by atoms with Crippen molar-refractivity contribution < 1.29 is 4.79 Å². The second-order valence-electron chi connectivity index (χ2n) is 6.01. The molecule has 9 heteroatoms. The van der Waals surface area contributed by atoms with Crippen molar-refractivity contribution in [2.75, 3.05) is 41.3 Å². The van der Waals surface area contributed by atoms with Crippen LogP contribution in [-0.4, -0.2) is 47.0 Å². The number of halogens is 1. The van der Waals surface area contributed by atoms with Crippen LogP contribution in [0.4, 0.5) is 17.5 Å². The SMILES string of the molecule is O=C(Nc1nccc(N2CCN(c3cccc(Cl)c3)CC2)n1)c1cncs1. The van der Waals surface area contributed by atoms with Gasteiger partial charge in [0.1, 0.15) is 10.7 Å². The number of rotatable bonds is 4. The number of anilines is 3. The molecule has 1 fully saturated rings. The number of carbonyl (C=O) groups is 1. The number of aromatic nitrogens is 3. The summed E-state index contributed by atoms with van der Waals surface area (Å²) in [5, 5.41) is 3.46. The van der Waals surface area contributed by atoms with E-state index in [1.54, 1.807) is 11.7 Å². The van der Waals surface area contributed by atoms with Crippen molar-refractivity contribution in [3.8, 4) is 0 Å². The molecule has 27 heavy (non-hydrogen) atoms. The molecule has 2 aromatic heterocycles. The average molecular weight is 401 g/mol. The number of nitrogens with one attached hydrogen (secondary N) is 1. The van der Waals surface area contributed by atoms with Crippen LogP contribution in [0.2, 0.25) is 5.02 Å². The lowest BCUT2D eigenvalue weighted by molar-refractivity contribution is 0.102. The van der Waals surface area contributed by atoms with E-state index in [0.29, 0.717) is 10.8 Å². The van der Waals surface area contributed by atoms with E-state index >= 15 is 0 Å². The molecular weight excluding hydrogens is 384 g/mol. The number of thiazole rings is 1. The molecule has 1 saturated heterocycles. The maximum absolute atomic E-state index is 12.1. The van der Waals surface area contributed by atoms with Crippen LogP contribution in [0.1, 0.15) is 9.67 Å². The van der Waals surface area contributed by atoms with Gasteiger partial charge in [-0.05, 0) is 24.3 Å². The third-order valence-corrected chi connectivity index (χ3v) is 5.31. The second kappa shape index (κ2) is 7.89. The summed E-state index contributed by atoms with van der Waals surface area (Å²) < 4.78 is 0. The molecule has 1 amide bonds. The van der Waals surface area contributed by atoms with Gasteiger partial charge < -0.3 is 9.80 Å². The lowest BCUT2D eigenvalue weighted by Gasteiger charge is -2.36. The highest BCUT2D eigenvalue weighted by Gasteiger charge is 2.19. The molecule has 0 unspecified atom stereocenters. The van der Waals surface area contributed by atoms with Crippen molar-refractivity contribution in [3.63, 3.8) is 0 Å². The third kappa shape index (κ3) is 4.17. The van der Waals surface area contributed by atoms with E-state index in [1.165, 1.54) is 17.5 Å². The number of carbonyl (C=O) groups excluding carboxylic acids is 1. The fraction of sp³-hybridized carbons (Fsp3) is 0.222. The molecule has 1 N–H and O–H groups in total. The molecule has 3 heterocycles. The van der Waals surface area contributed by atoms with Crippen molar-refractivity contribution in [1.29, 1.82) is 0 Å². The summed E-state index contributed by atoms with van der Waals surface area (Å²) in [7, 11) is 0. The van der Waals surface area contributed by atoms with Gasteiger partial charge >= 0.3 is 0 Å². The Morgan fingerprint density at radius 3 is 2.70 bits per heavy atom. The molecule has 7 nitrogen and oxygen atoms in total. The van der Waals surface area contributed by atoms with Crippen LogP contribution in [0.3, 0.4) is 0 Å². The Morgan fingerprint density at radius 2 is 1.96 bits per heavy atom. The number of piperazine rings is 1. The summed E-state index contributed by atoms with van der Waals surface area (Å²) in [6.07, 6.45) is 3.19. The molecule has 0 radical (unpaired) electrons. The summed E-state index contributed by atoms with van der Waals surface area (Å²) in [4.78, 5) is 29.7. The molecule has 0 aliphatic carbocycles. The molecule has 1 aliphatic heterocycles. The van der Waals surface area contributed by atoms with E-state index in [-0.39, 0.29) is 5.91 Å². The van der Waals surface area contributed by atoms with E-state index in [4.69, 9.17) is 11.6 Å². The number of hydrogen-bond acceptors (Lipinski definition) is 7. The van der Waals surface area contributed by atoms with Crippen LogP contribution in [0, 0.1) is 0 Å². The molecule has 1 aromatic carbocycles. The van der Waals surface area contributed by atoms with Gasteiger partial charge in [0.25, 0.3) is 5.91 Å². The summed E-state index contributed by atoms with van der Waals surface area (Å²) >= 11 is 7.37. The van der Waals surface area contributed by atoms with Crippen LogP contribution in [0.25, 0.3) is 0 Å². The smallest absolute Gasteiger partial charge is 0.269 e. The summed E-state index contributed by atoms with van der Waals surface area (Å²) in [5.74, 6) is 0.846. The maximum atomic E-state index is 12.1. The molecule has 3 aromatic rings. The monoisotopic (exact) mass is 400 g/mol. The zero-order valence-corrected chi connectivity index (χ0v) is 16.0. The second-order valence-corrected chi connectivity index (χ2v) is 7.34. The minimum absolute atomic E-state index is 0.250.